The van der Waals surface area contributed by atoms with E-state index in [0.29, 0.717) is 53.8 Å². The Labute approximate surface area is 197 Å². The summed E-state index contributed by atoms with van der Waals surface area (Å²) < 4.78 is 44.6. The number of carbonyl (C=O) groups is 1. The molecule has 0 unspecified atom stereocenters. The van der Waals surface area contributed by atoms with Crippen molar-refractivity contribution in [3.63, 3.8) is 0 Å². The van der Waals surface area contributed by atoms with Crippen LogP contribution in [-0.4, -0.2) is 42.1 Å². The van der Waals surface area contributed by atoms with Crippen LogP contribution in [0.15, 0.2) is 48.9 Å². The molecule has 1 aliphatic rings. The lowest BCUT2D eigenvalue weighted by Gasteiger charge is -2.25. The van der Waals surface area contributed by atoms with Crippen molar-refractivity contribution in [3.05, 3.63) is 54.5 Å². The first-order valence-electron chi connectivity index (χ1n) is 11.0. The van der Waals surface area contributed by atoms with Gasteiger partial charge < -0.3 is 14.8 Å². The summed E-state index contributed by atoms with van der Waals surface area (Å²) in [6, 6.07) is 7.11. The third-order valence-corrected chi connectivity index (χ3v) is 6.07. The number of ether oxygens (including phenoxy) is 1. The van der Waals surface area contributed by atoms with E-state index >= 15 is 0 Å². The molecular formula is C24H20F3N5O3. The predicted molar refractivity (Wildman–Crippen MR) is 119 cm³/mol. The van der Waals surface area contributed by atoms with Crippen LogP contribution in [0.3, 0.4) is 0 Å². The van der Waals surface area contributed by atoms with E-state index in [4.69, 9.17) is 9.84 Å². The molecule has 35 heavy (non-hydrogen) atoms. The van der Waals surface area contributed by atoms with Crippen LogP contribution >= 0.6 is 0 Å². The Morgan fingerprint density at radius 3 is 2.31 bits per heavy atom. The maximum absolute atomic E-state index is 12.9. The Bertz CT molecular complexity index is 1350. The Morgan fingerprint density at radius 2 is 1.69 bits per heavy atom. The number of carboxylic acids is 1. The molecule has 5 rings (SSSR count). The maximum Gasteiger partial charge on any atom is 0.416 e. The van der Waals surface area contributed by atoms with Crippen LogP contribution in [0, 0.1) is 5.92 Å². The van der Waals surface area contributed by atoms with Crippen molar-refractivity contribution in [2.24, 2.45) is 5.92 Å². The van der Waals surface area contributed by atoms with Gasteiger partial charge in [0.25, 0.3) is 0 Å². The molecule has 0 aliphatic heterocycles. The number of benzene rings is 1. The van der Waals surface area contributed by atoms with Crippen LogP contribution in [0.5, 0.6) is 6.01 Å². The molecule has 0 amide bonds. The van der Waals surface area contributed by atoms with E-state index in [1.165, 1.54) is 6.07 Å². The first kappa shape index (κ1) is 22.8. The molecule has 1 fully saturated rings. The van der Waals surface area contributed by atoms with Crippen LogP contribution in [0.1, 0.15) is 31.2 Å². The van der Waals surface area contributed by atoms with Gasteiger partial charge in [-0.1, -0.05) is 0 Å². The van der Waals surface area contributed by atoms with Gasteiger partial charge >= 0.3 is 18.2 Å². The molecule has 4 aromatic rings. The minimum Gasteiger partial charge on any atom is -0.481 e. The van der Waals surface area contributed by atoms with Gasteiger partial charge in [-0.25, -0.2) is 15.0 Å². The lowest BCUT2D eigenvalue weighted by molar-refractivity contribution is -0.143. The van der Waals surface area contributed by atoms with Gasteiger partial charge in [-0.15, -0.1) is 0 Å². The van der Waals surface area contributed by atoms with Crippen molar-refractivity contribution < 1.29 is 27.8 Å². The number of fused-ring (bicyclic) bond motifs is 1. The maximum atomic E-state index is 12.9. The minimum absolute atomic E-state index is 0.107. The largest absolute Gasteiger partial charge is 0.481 e. The number of rotatable bonds is 5. The van der Waals surface area contributed by atoms with Gasteiger partial charge in [0.15, 0.2) is 0 Å². The highest BCUT2D eigenvalue weighted by atomic mass is 19.4. The summed E-state index contributed by atoms with van der Waals surface area (Å²) in [4.78, 5) is 31.2. The quantitative estimate of drug-likeness (QED) is 0.405. The van der Waals surface area contributed by atoms with Gasteiger partial charge in [-0.2, -0.15) is 13.2 Å². The molecule has 3 heterocycles. The normalized spacial score (nSPS) is 18.5. The number of H-pyrrole nitrogens is 1. The van der Waals surface area contributed by atoms with E-state index in [1.807, 2.05) is 0 Å². The molecule has 0 saturated heterocycles. The highest BCUT2D eigenvalue weighted by Crippen LogP contribution is 2.32. The highest BCUT2D eigenvalue weighted by Gasteiger charge is 2.31. The summed E-state index contributed by atoms with van der Waals surface area (Å²) >= 11 is 0. The molecule has 0 bridgehead atoms. The monoisotopic (exact) mass is 483 g/mol. The van der Waals surface area contributed by atoms with Gasteiger partial charge in [0.2, 0.25) is 0 Å². The minimum atomic E-state index is -4.43. The van der Waals surface area contributed by atoms with E-state index in [9.17, 15) is 18.0 Å². The number of alkyl halides is 3. The number of nitrogens with zero attached hydrogens (tertiary/aromatic N) is 4. The zero-order valence-corrected chi connectivity index (χ0v) is 18.3. The number of hydrogen-bond donors (Lipinski definition) is 2. The number of aromatic nitrogens is 5. The summed E-state index contributed by atoms with van der Waals surface area (Å²) in [7, 11) is 0. The van der Waals surface area contributed by atoms with Crippen LogP contribution in [0.2, 0.25) is 0 Å². The molecule has 0 spiro atoms. The lowest BCUT2D eigenvalue weighted by atomic mass is 9.87. The van der Waals surface area contributed by atoms with Crippen molar-refractivity contribution in [2.45, 2.75) is 38.0 Å². The summed E-state index contributed by atoms with van der Waals surface area (Å²) in [6.07, 6.45) is 2.65. The number of halogens is 3. The average molecular weight is 483 g/mol. The van der Waals surface area contributed by atoms with Gasteiger partial charge in [0.05, 0.1) is 28.2 Å². The number of carboxylic acid groups (broad SMARTS) is 1. The highest BCUT2D eigenvalue weighted by molar-refractivity contribution is 5.80. The first-order chi connectivity index (χ1) is 16.8. The van der Waals surface area contributed by atoms with Crippen molar-refractivity contribution >= 4 is 17.0 Å². The number of pyridine rings is 1. The molecular weight excluding hydrogens is 463 g/mol. The molecule has 1 aliphatic carbocycles. The average Bonchev–Trinajstić information content (AvgIpc) is 3.28. The summed E-state index contributed by atoms with van der Waals surface area (Å²) in [6.45, 7) is 0. The number of imidazole rings is 1. The van der Waals surface area contributed by atoms with Gasteiger partial charge in [-0.3, -0.25) is 9.78 Å². The van der Waals surface area contributed by atoms with Crippen molar-refractivity contribution in [2.75, 3.05) is 0 Å². The van der Waals surface area contributed by atoms with Crippen LogP contribution < -0.4 is 4.74 Å². The second-order valence-electron chi connectivity index (χ2n) is 8.43. The second kappa shape index (κ2) is 8.97. The van der Waals surface area contributed by atoms with Gasteiger partial charge in [0, 0.05) is 29.7 Å². The molecule has 3 aromatic heterocycles. The summed E-state index contributed by atoms with van der Waals surface area (Å²) in [5, 5.41) is 9.09. The molecule has 1 aromatic carbocycles. The zero-order chi connectivity index (χ0) is 24.6. The zero-order valence-electron chi connectivity index (χ0n) is 18.3. The van der Waals surface area contributed by atoms with Crippen LogP contribution in [-0.2, 0) is 11.0 Å². The standard InChI is InChI=1S/C24H20F3N5O3/c25-24(26,27)16-4-8-19-20(9-16)32-21(31-19)14-3-7-18(28-10-14)15-11-29-23(30-12-15)35-17-5-1-13(2-6-17)22(33)34/h3-4,7-13,17H,1-2,5-6H2,(H,31,32)(H,33,34)/t13-,17-. The third-order valence-electron chi connectivity index (χ3n) is 6.07. The Morgan fingerprint density at radius 1 is 0.971 bits per heavy atom. The molecule has 11 heteroatoms. The third kappa shape index (κ3) is 4.93. The van der Waals surface area contributed by atoms with E-state index in [1.54, 1.807) is 30.7 Å². The van der Waals surface area contributed by atoms with Crippen LogP contribution in [0.25, 0.3) is 33.7 Å². The van der Waals surface area contributed by atoms with Gasteiger partial charge in [0.1, 0.15) is 11.9 Å². The molecule has 180 valence electrons. The lowest BCUT2D eigenvalue weighted by Crippen LogP contribution is -2.28. The van der Waals surface area contributed by atoms with E-state index < -0.39 is 17.7 Å². The van der Waals surface area contributed by atoms with Crippen LogP contribution in [0.4, 0.5) is 13.2 Å². The predicted octanol–water partition coefficient (Wildman–Crippen LogP) is 5.12. The fourth-order valence-electron chi connectivity index (χ4n) is 4.11. The van der Waals surface area contributed by atoms with E-state index in [2.05, 4.69) is 24.9 Å². The van der Waals surface area contributed by atoms with E-state index in [-0.39, 0.29) is 23.5 Å². The fraction of sp³-hybridized carbons (Fsp3) is 0.292. The smallest absolute Gasteiger partial charge is 0.416 e. The SMILES string of the molecule is O=C(O)[C@H]1CC[C@H](Oc2ncc(-c3ccc(-c4nc5cc(C(F)(F)F)ccc5[nH]4)cn3)cn2)CC1. The molecule has 2 N–H and O–H groups in total. The van der Waals surface area contributed by atoms with E-state index in [0.717, 1.165) is 12.1 Å². The number of aromatic amines is 1. The summed E-state index contributed by atoms with van der Waals surface area (Å²) in [5.41, 5.74) is 1.86. The number of hydrogen-bond acceptors (Lipinski definition) is 6. The van der Waals surface area contributed by atoms with Crippen molar-refractivity contribution in [1.82, 2.24) is 24.9 Å². The molecule has 1 saturated carbocycles. The molecule has 0 radical (unpaired) electrons. The first-order valence-corrected chi connectivity index (χ1v) is 11.0. The molecule has 0 atom stereocenters. The fourth-order valence-corrected chi connectivity index (χ4v) is 4.11. The number of nitrogens with one attached hydrogen (secondary N) is 1. The Kier molecular flexibility index (Phi) is 5.83. The Balaban J connectivity index is 1.26. The van der Waals surface area contributed by atoms with Crippen molar-refractivity contribution in [1.29, 1.82) is 0 Å². The number of aliphatic carboxylic acids is 1. The topological polar surface area (TPSA) is 114 Å². The Hall–Kier alpha value is -4.02. The summed E-state index contributed by atoms with van der Waals surface area (Å²) in [5.74, 6) is -0.668. The molecule has 8 nitrogen and oxygen atoms in total. The van der Waals surface area contributed by atoms with Gasteiger partial charge in [-0.05, 0) is 56.0 Å². The second-order valence-corrected chi connectivity index (χ2v) is 8.43. The van der Waals surface area contributed by atoms with Crippen molar-refractivity contribution in [3.8, 4) is 28.7 Å².